The summed E-state index contributed by atoms with van der Waals surface area (Å²) >= 11 is 0. The quantitative estimate of drug-likeness (QED) is 0.415. The maximum absolute atomic E-state index is 13.5. The molecule has 0 bridgehead atoms. The van der Waals surface area contributed by atoms with E-state index >= 15 is 0 Å². The molecule has 1 unspecified atom stereocenters. The third-order valence-electron chi connectivity index (χ3n) is 6.10. The molecule has 31 heavy (non-hydrogen) atoms. The van der Waals surface area contributed by atoms with Crippen molar-refractivity contribution in [2.45, 2.75) is 32.8 Å². The summed E-state index contributed by atoms with van der Waals surface area (Å²) in [6, 6.07) is 12.4. The average Bonchev–Trinajstić information content (AvgIpc) is 3.22. The van der Waals surface area contributed by atoms with Crippen molar-refractivity contribution in [3.05, 3.63) is 71.3 Å². The van der Waals surface area contributed by atoms with Gasteiger partial charge in [0.2, 0.25) is 5.41 Å². The molecule has 1 aliphatic heterocycles. The van der Waals surface area contributed by atoms with E-state index in [9.17, 15) is 14.4 Å². The van der Waals surface area contributed by atoms with Crippen LogP contribution in [-0.4, -0.2) is 30.9 Å². The number of hydrogen-bond donors (Lipinski definition) is 0. The lowest BCUT2D eigenvalue weighted by atomic mass is 9.68. The Morgan fingerprint density at radius 2 is 1.68 bits per heavy atom. The number of benzene rings is 2. The molecule has 0 aromatic heterocycles. The third-order valence-corrected chi connectivity index (χ3v) is 6.10. The number of Topliss-reactive ketones (excluding diaryl/α,β-unsaturated/α-hetero) is 1. The molecule has 1 heterocycles. The smallest absolute Gasteiger partial charge is 0.328 e. The van der Waals surface area contributed by atoms with Gasteiger partial charge in [-0.1, -0.05) is 30.8 Å². The summed E-state index contributed by atoms with van der Waals surface area (Å²) in [4.78, 5) is 38.9. The summed E-state index contributed by atoms with van der Waals surface area (Å²) in [6.45, 7) is 9.30. The van der Waals surface area contributed by atoms with Crippen molar-refractivity contribution < 1.29 is 28.6 Å². The van der Waals surface area contributed by atoms with E-state index in [0.29, 0.717) is 28.0 Å². The van der Waals surface area contributed by atoms with Gasteiger partial charge in [-0.15, -0.1) is 0 Å². The van der Waals surface area contributed by atoms with Crippen molar-refractivity contribution in [1.29, 1.82) is 0 Å². The Kier molecular flexibility index (Phi) is 4.96. The van der Waals surface area contributed by atoms with Crippen LogP contribution in [0.5, 0.6) is 5.75 Å². The Balaban J connectivity index is 2.01. The predicted molar refractivity (Wildman–Crippen MR) is 114 cm³/mol. The van der Waals surface area contributed by atoms with Crippen molar-refractivity contribution in [2.75, 3.05) is 13.2 Å². The van der Waals surface area contributed by atoms with Gasteiger partial charge < -0.3 is 14.2 Å². The van der Waals surface area contributed by atoms with E-state index in [1.54, 1.807) is 32.0 Å². The molecular weight excluding hydrogens is 396 g/mol. The second-order valence-electron chi connectivity index (χ2n) is 7.71. The minimum atomic E-state index is -1.80. The maximum atomic E-state index is 13.5. The van der Waals surface area contributed by atoms with Gasteiger partial charge in [0.15, 0.2) is 11.4 Å². The van der Waals surface area contributed by atoms with Crippen molar-refractivity contribution in [1.82, 2.24) is 0 Å². The SMILES string of the molecule is C=C1c2cc(C(C)=O)ccc2OC12c1ccccc1CC2(C(=O)OCC)C(=O)OCC. The Labute approximate surface area is 180 Å². The van der Waals surface area contributed by atoms with Crippen LogP contribution in [0.25, 0.3) is 5.57 Å². The summed E-state index contributed by atoms with van der Waals surface area (Å²) < 4.78 is 17.3. The zero-order valence-electron chi connectivity index (χ0n) is 17.8. The molecule has 4 rings (SSSR count). The zero-order valence-corrected chi connectivity index (χ0v) is 17.8. The van der Waals surface area contributed by atoms with Gasteiger partial charge in [0.1, 0.15) is 5.75 Å². The van der Waals surface area contributed by atoms with Gasteiger partial charge in [0.05, 0.1) is 13.2 Å². The van der Waals surface area contributed by atoms with Gasteiger partial charge in [-0.3, -0.25) is 14.4 Å². The van der Waals surface area contributed by atoms with Gasteiger partial charge in [0, 0.05) is 28.7 Å². The lowest BCUT2D eigenvalue weighted by molar-refractivity contribution is -0.183. The number of hydrogen-bond acceptors (Lipinski definition) is 6. The molecule has 1 aliphatic carbocycles. The summed E-state index contributed by atoms with van der Waals surface area (Å²) in [5.41, 5.74) is -0.371. The van der Waals surface area contributed by atoms with Gasteiger partial charge in [-0.25, -0.2) is 0 Å². The number of rotatable bonds is 5. The summed E-state index contributed by atoms with van der Waals surface area (Å²) in [5, 5.41) is 0. The van der Waals surface area contributed by atoms with Crippen LogP contribution in [0.4, 0.5) is 0 Å². The highest BCUT2D eigenvalue weighted by atomic mass is 16.6. The number of carbonyl (C=O) groups excluding carboxylic acids is 3. The van der Waals surface area contributed by atoms with E-state index in [4.69, 9.17) is 14.2 Å². The molecule has 2 aromatic carbocycles. The van der Waals surface area contributed by atoms with Crippen LogP contribution in [-0.2, 0) is 31.1 Å². The van der Waals surface area contributed by atoms with Crippen LogP contribution in [0.2, 0.25) is 0 Å². The minimum Gasteiger partial charge on any atom is -0.475 e. The molecule has 0 N–H and O–H groups in total. The highest BCUT2D eigenvalue weighted by Crippen LogP contribution is 2.64. The number of fused-ring (bicyclic) bond motifs is 3. The molecule has 6 nitrogen and oxygen atoms in total. The Morgan fingerprint density at radius 3 is 2.29 bits per heavy atom. The van der Waals surface area contributed by atoms with E-state index in [-0.39, 0.29) is 25.4 Å². The Bertz CT molecular complexity index is 1100. The highest BCUT2D eigenvalue weighted by molar-refractivity contribution is 6.08. The molecule has 2 aromatic rings. The number of carbonyl (C=O) groups is 3. The van der Waals surface area contributed by atoms with Crippen LogP contribution >= 0.6 is 0 Å². The first-order valence-corrected chi connectivity index (χ1v) is 10.3. The van der Waals surface area contributed by atoms with Crippen LogP contribution < -0.4 is 4.74 Å². The number of ketones is 1. The Hall–Kier alpha value is -3.41. The second-order valence-corrected chi connectivity index (χ2v) is 7.71. The van der Waals surface area contributed by atoms with E-state index in [2.05, 4.69) is 6.58 Å². The van der Waals surface area contributed by atoms with E-state index < -0.39 is 23.0 Å². The summed E-state index contributed by atoms with van der Waals surface area (Å²) in [5.74, 6) is -1.09. The first-order valence-electron chi connectivity index (χ1n) is 10.3. The number of ether oxygens (including phenoxy) is 3. The fraction of sp³-hybridized carbons (Fsp3) is 0.320. The molecule has 0 radical (unpaired) electrons. The molecule has 1 atom stereocenters. The van der Waals surface area contributed by atoms with Crippen molar-refractivity contribution in [3.63, 3.8) is 0 Å². The molecule has 160 valence electrons. The molecule has 2 aliphatic rings. The van der Waals surface area contributed by atoms with Gasteiger partial charge in [-0.05, 0) is 44.5 Å². The van der Waals surface area contributed by atoms with E-state index in [1.807, 2.05) is 24.3 Å². The van der Waals surface area contributed by atoms with Crippen LogP contribution in [0, 0.1) is 5.41 Å². The first kappa shape index (κ1) is 20.8. The molecule has 0 saturated carbocycles. The lowest BCUT2D eigenvalue weighted by Crippen LogP contribution is -2.57. The Morgan fingerprint density at radius 1 is 1.03 bits per heavy atom. The van der Waals surface area contributed by atoms with Gasteiger partial charge in [0.25, 0.3) is 0 Å². The van der Waals surface area contributed by atoms with Crippen LogP contribution in [0.15, 0.2) is 49.0 Å². The molecule has 6 heteroatoms. The highest BCUT2D eigenvalue weighted by Gasteiger charge is 2.73. The van der Waals surface area contributed by atoms with Crippen LogP contribution in [0.1, 0.15) is 47.8 Å². The molecule has 0 amide bonds. The molecule has 0 saturated heterocycles. The fourth-order valence-electron chi connectivity index (χ4n) is 4.73. The normalized spacial score (nSPS) is 20.0. The third kappa shape index (κ3) is 2.67. The largest absolute Gasteiger partial charge is 0.475 e. The average molecular weight is 420 g/mol. The predicted octanol–water partition coefficient (Wildman–Crippen LogP) is 3.86. The van der Waals surface area contributed by atoms with Gasteiger partial charge in [-0.2, -0.15) is 0 Å². The molecule has 1 spiro atoms. The van der Waals surface area contributed by atoms with Crippen LogP contribution in [0.3, 0.4) is 0 Å². The van der Waals surface area contributed by atoms with E-state index in [1.165, 1.54) is 6.92 Å². The summed E-state index contributed by atoms with van der Waals surface area (Å²) in [6.07, 6.45) is 0.0629. The standard InChI is InChI=1S/C25H24O6/c1-5-29-22(27)24(23(28)30-6-2)14-18-9-7-8-10-20(18)25(24)15(3)19-13-17(16(4)26)11-12-21(19)31-25/h7-13H,3,5-6,14H2,1-2,4H3. The molecule has 0 fully saturated rings. The minimum absolute atomic E-state index is 0.0629. The monoisotopic (exact) mass is 420 g/mol. The van der Waals surface area contributed by atoms with Crippen molar-refractivity contribution in [2.24, 2.45) is 5.41 Å². The maximum Gasteiger partial charge on any atom is 0.328 e. The lowest BCUT2D eigenvalue weighted by Gasteiger charge is -2.39. The first-order chi connectivity index (χ1) is 14.8. The van der Waals surface area contributed by atoms with Crippen molar-refractivity contribution in [3.8, 4) is 5.75 Å². The second kappa shape index (κ2) is 7.38. The zero-order chi connectivity index (χ0) is 22.4. The van der Waals surface area contributed by atoms with E-state index in [0.717, 1.165) is 5.56 Å². The summed E-state index contributed by atoms with van der Waals surface area (Å²) in [7, 11) is 0. The molecular formula is C25H24O6. The topological polar surface area (TPSA) is 78.9 Å². The number of esters is 2. The van der Waals surface area contributed by atoms with Gasteiger partial charge >= 0.3 is 11.9 Å². The fourth-order valence-corrected chi connectivity index (χ4v) is 4.73. The van der Waals surface area contributed by atoms with Crippen molar-refractivity contribution >= 4 is 23.3 Å².